The highest BCUT2D eigenvalue weighted by atomic mass is 127. The number of anilines is 1. The molecule has 0 unspecified atom stereocenters. The number of piperazine rings is 1. The molecule has 1 N–H and O–H groups in total. The number of guanidine groups is 1. The Hall–Kier alpha value is -2.10. The molecule has 8 heteroatoms. The van der Waals surface area contributed by atoms with Crippen LogP contribution in [0.2, 0.25) is 0 Å². The number of aromatic nitrogens is 2. The third kappa shape index (κ3) is 6.19. The monoisotopic (exact) mass is 508 g/mol. The molecule has 0 atom stereocenters. The molecule has 0 spiro atoms. The topological polar surface area (TPSA) is 65.9 Å². The molecule has 7 nitrogen and oxygen atoms in total. The Morgan fingerprint density at radius 2 is 1.97 bits per heavy atom. The van der Waals surface area contributed by atoms with Gasteiger partial charge >= 0.3 is 0 Å². The third-order valence-corrected chi connectivity index (χ3v) is 5.18. The van der Waals surface area contributed by atoms with Crippen LogP contribution in [0.25, 0.3) is 0 Å². The molecule has 0 bridgehead atoms. The second-order valence-corrected chi connectivity index (χ2v) is 7.32. The maximum absolute atomic E-state index is 5.70. The SMILES string of the molecule is CN=C(NCc1ccc(OCC2CC2)nc1)N1CCN(c2ccccn2)CC1.I. The van der Waals surface area contributed by atoms with Crippen LogP contribution >= 0.6 is 24.0 Å². The molecule has 2 aromatic rings. The molecule has 0 radical (unpaired) electrons. The molecular formula is C21H29IN6O. The van der Waals surface area contributed by atoms with Gasteiger partial charge in [-0.05, 0) is 36.5 Å². The van der Waals surface area contributed by atoms with Gasteiger partial charge < -0.3 is 19.9 Å². The van der Waals surface area contributed by atoms with Crippen LogP contribution in [0, 0.1) is 5.92 Å². The van der Waals surface area contributed by atoms with Crippen LogP contribution in [0.4, 0.5) is 5.82 Å². The van der Waals surface area contributed by atoms with Gasteiger partial charge in [-0.1, -0.05) is 12.1 Å². The number of nitrogens with one attached hydrogen (secondary N) is 1. The predicted molar refractivity (Wildman–Crippen MR) is 126 cm³/mol. The summed E-state index contributed by atoms with van der Waals surface area (Å²) in [5.74, 6) is 3.42. The number of hydrogen-bond acceptors (Lipinski definition) is 5. The molecule has 1 aliphatic heterocycles. The molecule has 0 aromatic carbocycles. The maximum atomic E-state index is 5.70. The number of ether oxygens (including phenoxy) is 1. The molecule has 4 rings (SSSR count). The largest absolute Gasteiger partial charge is 0.477 e. The second-order valence-electron chi connectivity index (χ2n) is 7.32. The summed E-state index contributed by atoms with van der Waals surface area (Å²) in [7, 11) is 1.83. The van der Waals surface area contributed by atoms with E-state index in [1.807, 2.05) is 37.6 Å². The Kier molecular flexibility index (Phi) is 7.91. The van der Waals surface area contributed by atoms with Crippen molar-refractivity contribution in [1.29, 1.82) is 0 Å². The average molecular weight is 508 g/mol. The summed E-state index contributed by atoms with van der Waals surface area (Å²) in [5, 5.41) is 3.45. The Morgan fingerprint density at radius 1 is 1.14 bits per heavy atom. The fourth-order valence-electron chi connectivity index (χ4n) is 3.29. The first kappa shape index (κ1) is 21.6. The molecule has 1 saturated carbocycles. The van der Waals surface area contributed by atoms with Gasteiger partial charge in [-0.15, -0.1) is 24.0 Å². The standard InChI is InChI=1S/C21H28N6O.HI/c1-22-21(27-12-10-26(11-13-27)19-4-2-3-9-23-19)25-15-18-7-8-20(24-14-18)28-16-17-5-6-17;/h2-4,7-9,14,17H,5-6,10-13,15-16H2,1H3,(H,22,25);1H. The minimum Gasteiger partial charge on any atom is -0.477 e. The first-order valence-electron chi connectivity index (χ1n) is 10.0. The van der Waals surface area contributed by atoms with Crippen LogP contribution in [0.5, 0.6) is 5.88 Å². The third-order valence-electron chi connectivity index (χ3n) is 5.18. The lowest BCUT2D eigenvalue weighted by molar-refractivity contribution is 0.288. The normalized spacial score (nSPS) is 16.9. The van der Waals surface area contributed by atoms with Gasteiger partial charge in [-0.3, -0.25) is 4.99 Å². The van der Waals surface area contributed by atoms with E-state index < -0.39 is 0 Å². The van der Waals surface area contributed by atoms with Crippen molar-refractivity contribution in [2.75, 3.05) is 44.7 Å². The fraction of sp³-hybridized carbons (Fsp3) is 0.476. The van der Waals surface area contributed by atoms with Crippen molar-refractivity contribution in [1.82, 2.24) is 20.2 Å². The van der Waals surface area contributed by atoms with Crippen molar-refractivity contribution < 1.29 is 4.74 Å². The lowest BCUT2D eigenvalue weighted by Crippen LogP contribution is -2.52. The summed E-state index contributed by atoms with van der Waals surface area (Å²) < 4.78 is 5.70. The zero-order valence-corrected chi connectivity index (χ0v) is 19.2. The quantitative estimate of drug-likeness (QED) is 0.368. The smallest absolute Gasteiger partial charge is 0.213 e. The summed E-state index contributed by atoms with van der Waals surface area (Å²) in [4.78, 5) is 17.9. The maximum Gasteiger partial charge on any atom is 0.213 e. The van der Waals surface area contributed by atoms with Crippen molar-refractivity contribution >= 4 is 35.8 Å². The molecular weight excluding hydrogens is 479 g/mol. The number of nitrogens with zero attached hydrogens (tertiary/aromatic N) is 5. The predicted octanol–water partition coefficient (Wildman–Crippen LogP) is 2.78. The van der Waals surface area contributed by atoms with Gasteiger partial charge in [-0.2, -0.15) is 0 Å². The lowest BCUT2D eigenvalue weighted by atomic mass is 10.3. The highest BCUT2D eigenvalue weighted by Crippen LogP contribution is 2.29. The van der Waals surface area contributed by atoms with Crippen molar-refractivity contribution in [2.45, 2.75) is 19.4 Å². The molecule has 2 aliphatic rings. The van der Waals surface area contributed by atoms with E-state index in [9.17, 15) is 0 Å². The summed E-state index contributed by atoms with van der Waals surface area (Å²) in [5.41, 5.74) is 1.12. The Labute approximate surface area is 189 Å². The highest BCUT2D eigenvalue weighted by Gasteiger charge is 2.22. The minimum absolute atomic E-state index is 0. The van der Waals surface area contributed by atoms with E-state index in [1.165, 1.54) is 12.8 Å². The Morgan fingerprint density at radius 3 is 2.59 bits per heavy atom. The van der Waals surface area contributed by atoms with E-state index in [-0.39, 0.29) is 24.0 Å². The molecule has 1 aliphatic carbocycles. The number of hydrogen-bond donors (Lipinski definition) is 1. The van der Waals surface area contributed by atoms with Gasteiger partial charge in [0, 0.05) is 58.2 Å². The molecule has 29 heavy (non-hydrogen) atoms. The summed E-state index contributed by atoms with van der Waals surface area (Å²) in [6.07, 6.45) is 6.30. The first-order valence-corrected chi connectivity index (χ1v) is 10.0. The van der Waals surface area contributed by atoms with E-state index >= 15 is 0 Å². The number of aliphatic imine (C=N–C) groups is 1. The zero-order valence-electron chi connectivity index (χ0n) is 16.8. The van der Waals surface area contributed by atoms with Crippen LogP contribution < -0.4 is 15.0 Å². The van der Waals surface area contributed by atoms with E-state index in [1.54, 1.807) is 0 Å². The van der Waals surface area contributed by atoms with Gasteiger partial charge in [-0.25, -0.2) is 9.97 Å². The van der Waals surface area contributed by atoms with E-state index in [2.05, 4.69) is 42.2 Å². The second kappa shape index (κ2) is 10.6. The van der Waals surface area contributed by atoms with Crippen molar-refractivity contribution in [3.05, 3.63) is 48.3 Å². The van der Waals surface area contributed by atoms with Crippen LogP contribution in [0.1, 0.15) is 18.4 Å². The highest BCUT2D eigenvalue weighted by molar-refractivity contribution is 14.0. The zero-order chi connectivity index (χ0) is 19.2. The van der Waals surface area contributed by atoms with Crippen LogP contribution in [-0.2, 0) is 6.54 Å². The van der Waals surface area contributed by atoms with Gasteiger partial charge in [0.2, 0.25) is 5.88 Å². The molecule has 156 valence electrons. The Bertz CT molecular complexity index is 774. The number of halogens is 1. The van der Waals surface area contributed by atoms with Crippen LogP contribution in [0.15, 0.2) is 47.7 Å². The number of pyridine rings is 2. The van der Waals surface area contributed by atoms with E-state index in [0.29, 0.717) is 12.4 Å². The summed E-state index contributed by atoms with van der Waals surface area (Å²) >= 11 is 0. The summed E-state index contributed by atoms with van der Waals surface area (Å²) in [6.45, 7) is 5.20. The summed E-state index contributed by atoms with van der Waals surface area (Å²) in [6, 6.07) is 10.1. The lowest BCUT2D eigenvalue weighted by Gasteiger charge is -2.37. The van der Waals surface area contributed by atoms with Gasteiger partial charge in [0.15, 0.2) is 5.96 Å². The Balaban J connectivity index is 0.00000240. The van der Waals surface area contributed by atoms with E-state index in [4.69, 9.17) is 4.74 Å². The molecule has 2 aromatic heterocycles. The van der Waals surface area contributed by atoms with Gasteiger partial charge in [0.25, 0.3) is 0 Å². The number of rotatable bonds is 6. The first-order chi connectivity index (χ1) is 13.8. The molecule has 2 fully saturated rings. The average Bonchev–Trinajstić information content (AvgIpc) is 3.59. The van der Waals surface area contributed by atoms with Crippen LogP contribution in [0.3, 0.4) is 0 Å². The fourth-order valence-corrected chi connectivity index (χ4v) is 3.29. The van der Waals surface area contributed by atoms with Crippen LogP contribution in [-0.4, -0.2) is 60.7 Å². The molecule has 3 heterocycles. The van der Waals surface area contributed by atoms with Crippen molar-refractivity contribution in [2.24, 2.45) is 10.9 Å². The van der Waals surface area contributed by atoms with Gasteiger partial charge in [0.1, 0.15) is 5.82 Å². The van der Waals surface area contributed by atoms with Crippen molar-refractivity contribution in [3.8, 4) is 5.88 Å². The van der Waals surface area contributed by atoms with Gasteiger partial charge in [0.05, 0.1) is 6.61 Å². The molecule has 0 amide bonds. The minimum atomic E-state index is 0. The van der Waals surface area contributed by atoms with E-state index in [0.717, 1.165) is 56.0 Å². The molecule has 1 saturated heterocycles. The van der Waals surface area contributed by atoms with Crippen molar-refractivity contribution in [3.63, 3.8) is 0 Å².